The van der Waals surface area contributed by atoms with Crippen molar-refractivity contribution in [1.29, 1.82) is 0 Å². The van der Waals surface area contributed by atoms with Crippen LogP contribution in [0.2, 0.25) is 0 Å². The number of imidazole rings is 1. The molecule has 0 aromatic carbocycles. The second kappa shape index (κ2) is 4.10. The van der Waals surface area contributed by atoms with Crippen LogP contribution in [0.4, 0.5) is 0 Å². The lowest BCUT2D eigenvalue weighted by Gasteiger charge is -2.17. The smallest absolute Gasteiger partial charge is 0.151 e. The number of rotatable bonds is 1. The van der Waals surface area contributed by atoms with Gasteiger partial charge in [0.2, 0.25) is 0 Å². The zero-order valence-electron chi connectivity index (χ0n) is 10.7. The van der Waals surface area contributed by atoms with Gasteiger partial charge in [-0.1, -0.05) is 20.8 Å². The zero-order valence-corrected chi connectivity index (χ0v) is 12.3. The first-order valence-corrected chi connectivity index (χ1v) is 6.51. The van der Waals surface area contributed by atoms with E-state index in [0.717, 1.165) is 21.5 Å². The van der Waals surface area contributed by atoms with Crippen molar-refractivity contribution in [3.05, 3.63) is 33.7 Å². The zero-order chi connectivity index (χ0) is 12.8. The van der Waals surface area contributed by atoms with E-state index in [9.17, 15) is 0 Å². The maximum atomic E-state index is 5.88. The Morgan fingerprint density at radius 3 is 2.59 bits per heavy atom. The maximum Gasteiger partial charge on any atom is 0.151 e. The summed E-state index contributed by atoms with van der Waals surface area (Å²) < 4.78 is 3.11. The summed E-state index contributed by atoms with van der Waals surface area (Å²) in [5, 5.41) is 0. The van der Waals surface area contributed by atoms with Crippen LogP contribution in [-0.2, 0) is 12.0 Å². The molecule has 0 unspecified atom stereocenters. The Bertz CT molecular complexity index is 564. The van der Waals surface area contributed by atoms with Crippen LogP contribution in [0.1, 0.15) is 37.7 Å². The third-order valence-electron chi connectivity index (χ3n) is 2.81. The number of nitrogens with two attached hydrogens (primary N) is 1. The number of halogens is 1. The molecule has 0 bridgehead atoms. The highest BCUT2D eigenvalue weighted by Gasteiger charge is 2.23. The Morgan fingerprint density at radius 2 is 2.06 bits per heavy atom. The molecule has 4 heteroatoms. The summed E-state index contributed by atoms with van der Waals surface area (Å²) in [5.74, 6) is 0. The van der Waals surface area contributed by atoms with E-state index in [-0.39, 0.29) is 5.41 Å². The number of hydrogen-bond donors (Lipinski definition) is 1. The van der Waals surface area contributed by atoms with Crippen LogP contribution in [0.3, 0.4) is 0 Å². The monoisotopic (exact) mass is 295 g/mol. The highest BCUT2D eigenvalue weighted by Crippen LogP contribution is 2.29. The van der Waals surface area contributed by atoms with Crippen LogP contribution in [0.5, 0.6) is 0 Å². The van der Waals surface area contributed by atoms with E-state index in [1.54, 1.807) is 0 Å². The van der Waals surface area contributed by atoms with Crippen LogP contribution in [0.25, 0.3) is 5.65 Å². The summed E-state index contributed by atoms with van der Waals surface area (Å²) in [6.45, 7) is 9.06. The van der Waals surface area contributed by atoms with Crippen LogP contribution in [0, 0.1) is 6.92 Å². The molecular formula is C13H18BrN3. The quantitative estimate of drug-likeness (QED) is 0.878. The summed E-state index contributed by atoms with van der Waals surface area (Å²) in [4.78, 5) is 4.73. The van der Waals surface area contributed by atoms with E-state index in [1.165, 1.54) is 5.56 Å². The molecule has 0 atom stereocenters. The molecule has 0 saturated carbocycles. The predicted octanol–water partition coefficient (Wildman–Crippen LogP) is 3.16. The number of pyridine rings is 1. The second-order valence-electron chi connectivity index (χ2n) is 5.42. The molecule has 2 aromatic heterocycles. The van der Waals surface area contributed by atoms with Crippen LogP contribution < -0.4 is 5.73 Å². The number of hydrogen-bond acceptors (Lipinski definition) is 2. The van der Waals surface area contributed by atoms with E-state index in [4.69, 9.17) is 10.7 Å². The lowest BCUT2D eigenvalue weighted by atomic mass is 9.91. The Kier molecular flexibility index (Phi) is 3.04. The minimum atomic E-state index is 0.00800. The Hall–Kier alpha value is -0.870. The van der Waals surface area contributed by atoms with E-state index < -0.39 is 0 Å². The molecule has 2 heterocycles. The molecular weight excluding hydrogens is 278 g/mol. The summed E-state index contributed by atoms with van der Waals surface area (Å²) in [5.41, 5.74) is 10.2. The third kappa shape index (κ3) is 2.11. The molecule has 0 aliphatic heterocycles. The van der Waals surface area contributed by atoms with Gasteiger partial charge < -0.3 is 10.1 Å². The van der Waals surface area contributed by atoms with Crippen molar-refractivity contribution < 1.29 is 0 Å². The molecule has 0 radical (unpaired) electrons. The molecule has 2 aromatic rings. The standard InChI is InChI=1S/C13H18BrN3/c1-8-5-9(14)12-16-11(13(2,3)4)10(6-15)17(12)7-8/h5,7H,6,15H2,1-4H3. The van der Waals surface area contributed by atoms with Gasteiger partial charge in [-0.15, -0.1) is 0 Å². The Morgan fingerprint density at radius 1 is 1.41 bits per heavy atom. The molecule has 2 N–H and O–H groups in total. The first-order chi connectivity index (χ1) is 7.84. The highest BCUT2D eigenvalue weighted by atomic mass is 79.9. The average Bonchev–Trinajstić information content (AvgIpc) is 2.55. The van der Waals surface area contributed by atoms with Gasteiger partial charge >= 0.3 is 0 Å². The normalized spacial score (nSPS) is 12.4. The van der Waals surface area contributed by atoms with Gasteiger partial charge in [0, 0.05) is 18.2 Å². The Balaban J connectivity index is 2.85. The van der Waals surface area contributed by atoms with Gasteiger partial charge in [0.15, 0.2) is 5.65 Å². The van der Waals surface area contributed by atoms with Gasteiger partial charge in [-0.2, -0.15) is 0 Å². The van der Waals surface area contributed by atoms with Gasteiger partial charge in [0.25, 0.3) is 0 Å². The van der Waals surface area contributed by atoms with E-state index in [2.05, 4.69) is 60.3 Å². The SMILES string of the molecule is Cc1cc(Br)c2nc(C(C)(C)C)c(CN)n2c1. The van der Waals surface area contributed by atoms with E-state index >= 15 is 0 Å². The van der Waals surface area contributed by atoms with E-state index in [0.29, 0.717) is 6.54 Å². The molecule has 3 nitrogen and oxygen atoms in total. The molecule has 17 heavy (non-hydrogen) atoms. The van der Waals surface area contributed by atoms with Crippen molar-refractivity contribution in [3.8, 4) is 0 Å². The van der Waals surface area contributed by atoms with Crippen LogP contribution in [0.15, 0.2) is 16.7 Å². The van der Waals surface area contributed by atoms with Crippen LogP contribution >= 0.6 is 15.9 Å². The average molecular weight is 296 g/mol. The fourth-order valence-electron chi connectivity index (χ4n) is 2.07. The van der Waals surface area contributed by atoms with Crippen molar-refractivity contribution >= 4 is 21.6 Å². The van der Waals surface area contributed by atoms with Crippen molar-refractivity contribution in [2.75, 3.05) is 0 Å². The topological polar surface area (TPSA) is 43.3 Å². The third-order valence-corrected chi connectivity index (χ3v) is 3.40. The second-order valence-corrected chi connectivity index (χ2v) is 6.27. The summed E-state index contributed by atoms with van der Waals surface area (Å²) in [6, 6.07) is 2.08. The maximum absolute atomic E-state index is 5.88. The molecule has 92 valence electrons. The van der Waals surface area contributed by atoms with Gasteiger partial charge in [0.05, 0.1) is 15.9 Å². The first kappa shape index (κ1) is 12.6. The summed E-state index contributed by atoms with van der Waals surface area (Å²) >= 11 is 3.57. The fraction of sp³-hybridized carbons (Fsp3) is 0.462. The molecule has 0 amide bonds. The number of aromatic nitrogens is 2. The summed E-state index contributed by atoms with van der Waals surface area (Å²) in [6.07, 6.45) is 2.09. The molecule has 0 aliphatic carbocycles. The minimum absolute atomic E-state index is 0.00800. The van der Waals surface area contributed by atoms with Gasteiger partial charge in [-0.25, -0.2) is 4.98 Å². The fourth-order valence-corrected chi connectivity index (χ4v) is 2.72. The predicted molar refractivity (Wildman–Crippen MR) is 74.2 cm³/mol. The first-order valence-electron chi connectivity index (χ1n) is 5.72. The molecule has 0 aliphatic rings. The van der Waals surface area contributed by atoms with Crippen molar-refractivity contribution in [2.24, 2.45) is 5.73 Å². The number of aryl methyl sites for hydroxylation is 1. The van der Waals surface area contributed by atoms with Crippen molar-refractivity contribution in [1.82, 2.24) is 9.38 Å². The summed E-state index contributed by atoms with van der Waals surface area (Å²) in [7, 11) is 0. The molecule has 0 spiro atoms. The number of fused-ring (bicyclic) bond motifs is 1. The molecule has 2 rings (SSSR count). The highest BCUT2D eigenvalue weighted by molar-refractivity contribution is 9.10. The molecule has 0 saturated heterocycles. The van der Waals surface area contributed by atoms with Gasteiger partial charge in [-0.3, -0.25) is 0 Å². The minimum Gasteiger partial charge on any atom is -0.325 e. The van der Waals surface area contributed by atoms with Gasteiger partial charge in [-0.05, 0) is 34.5 Å². The lowest BCUT2D eigenvalue weighted by Crippen LogP contribution is -2.16. The number of nitrogens with zero attached hydrogens (tertiary/aromatic N) is 2. The van der Waals surface area contributed by atoms with Gasteiger partial charge in [0.1, 0.15) is 0 Å². The van der Waals surface area contributed by atoms with Crippen molar-refractivity contribution in [2.45, 2.75) is 39.7 Å². The largest absolute Gasteiger partial charge is 0.325 e. The van der Waals surface area contributed by atoms with E-state index in [1.807, 2.05) is 0 Å². The van der Waals surface area contributed by atoms with Crippen LogP contribution in [-0.4, -0.2) is 9.38 Å². The molecule has 0 fully saturated rings. The Labute approximate surface area is 110 Å². The lowest BCUT2D eigenvalue weighted by molar-refractivity contribution is 0.564. The van der Waals surface area contributed by atoms with Crippen molar-refractivity contribution in [3.63, 3.8) is 0 Å².